The third kappa shape index (κ3) is 2.32. The summed E-state index contributed by atoms with van der Waals surface area (Å²) < 4.78 is 0. The van der Waals surface area contributed by atoms with Crippen LogP contribution in [0, 0.1) is 0 Å². The molecule has 1 aliphatic rings. The number of fused-ring (bicyclic) bond motifs is 1. The van der Waals surface area contributed by atoms with Crippen LogP contribution in [0.4, 0.5) is 0 Å². The Morgan fingerprint density at radius 1 is 1.00 bits per heavy atom. The predicted molar refractivity (Wildman–Crippen MR) is 84.2 cm³/mol. The second kappa shape index (κ2) is 4.97. The zero-order valence-corrected chi connectivity index (χ0v) is 11.7. The van der Waals surface area contributed by atoms with Crippen molar-refractivity contribution < 1.29 is 5.11 Å². The molecule has 0 amide bonds. The van der Waals surface area contributed by atoms with Crippen molar-refractivity contribution in [2.45, 2.75) is 24.9 Å². The van der Waals surface area contributed by atoms with Gasteiger partial charge in [-0.1, -0.05) is 36.4 Å². The molecule has 2 nitrogen and oxygen atoms in total. The molecule has 1 aromatic heterocycles. The summed E-state index contributed by atoms with van der Waals surface area (Å²) in [4.78, 5) is 4.33. The van der Waals surface area contributed by atoms with Crippen molar-refractivity contribution in [3.05, 3.63) is 77.5 Å². The van der Waals surface area contributed by atoms with Crippen LogP contribution in [-0.4, -0.2) is 10.1 Å². The van der Waals surface area contributed by atoms with E-state index in [1.165, 1.54) is 18.4 Å². The van der Waals surface area contributed by atoms with Crippen molar-refractivity contribution >= 4 is 10.9 Å². The van der Waals surface area contributed by atoms with Gasteiger partial charge in [0.1, 0.15) is 6.10 Å². The van der Waals surface area contributed by atoms with E-state index in [4.69, 9.17) is 0 Å². The Labute approximate surface area is 124 Å². The van der Waals surface area contributed by atoms with Gasteiger partial charge < -0.3 is 5.11 Å². The predicted octanol–water partition coefficient (Wildman–Crippen LogP) is 4.19. The monoisotopic (exact) mass is 275 g/mol. The van der Waals surface area contributed by atoms with Crippen molar-refractivity contribution in [2.24, 2.45) is 0 Å². The summed E-state index contributed by atoms with van der Waals surface area (Å²) in [5.41, 5.74) is 4.24. The molecule has 1 aliphatic carbocycles. The highest BCUT2D eigenvalue weighted by molar-refractivity contribution is 5.79. The number of aliphatic hydroxyl groups excluding tert-OH is 1. The molecule has 0 radical (unpaired) electrons. The van der Waals surface area contributed by atoms with Gasteiger partial charge in [0, 0.05) is 11.6 Å². The first-order chi connectivity index (χ1) is 10.3. The fourth-order valence-electron chi connectivity index (χ4n) is 2.97. The Hall–Kier alpha value is -2.19. The first-order valence-corrected chi connectivity index (χ1v) is 7.44. The Morgan fingerprint density at radius 2 is 1.86 bits per heavy atom. The van der Waals surface area contributed by atoms with Crippen LogP contribution in [-0.2, 0) is 0 Å². The van der Waals surface area contributed by atoms with Crippen LogP contribution in [0.5, 0.6) is 0 Å². The molecule has 1 N–H and O–H groups in total. The van der Waals surface area contributed by atoms with E-state index >= 15 is 0 Å². The molecule has 2 heteroatoms. The summed E-state index contributed by atoms with van der Waals surface area (Å²) in [6, 6.07) is 18.2. The molecule has 1 fully saturated rings. The number of pyridine rings is 1. The Morgan fingerprint density at radius 3 is 2.71 bits per heavy atom. The van der Waals surface area contributed by atoms with Crippen molar-refractivity contribution in [1.82, 2.24) is 4.98 Å². The molecule has 1 saturated carbocycles. The van der Waals surface area contributed by atoms with E-state index in [0.717, 1.165) is 22.0 Å². The van der Waals surface area contributed by atoms with Gasteiger partial charge in [0.05, 0.1) is 5.52 Å². The molecule has 0 spiro atoms. The average molecular weight is 275 g/mol. The summed E-state index contributed by atoms with van der Waals surface area (Å²) >= 11 is 0. The average Bonchev–Trinajstić information content (AvgIpc) is 3.38. The number of benzene rings is 2. The number of hydrogen-bond acceptors (Lipinski definition) is 2. The minimum Gasteiger partial charge on any atom is -0.384 e. The van der Waals surface area contributed by atoms with E-state index in [1.807, 2.05) is 42.5 Å². The maximum atomic E-state index is 10.8. The van der Waals surface area contributed by atoms with Crippen LogP contribution in [0.1, 0.15) is 41.6 Å². The first kappa shape index (κ1) is 12.5. The number of aliphatic hydroxyl groups is 1. The standard InChI is InChI=1S/C19H17NO/c21-19(17-6-2-1-5-16(17)13-7-8-13)15-9-10-18-14(12-15)4-3-11-20-18/h1-6,9-13,19,21H,7-8H2. The fraction of sp³-hybridized carbons (Fsp3) is 0.211. The summed E-state index contributed by atoms with van der Waals surface area (Å²) in [5, 5.41) is 11.9. The highest BCUT2D eigenvalue weighted by atomic mass is 16.3. The molecular formula is C19H17NO. The third-order valence-electron chi connectivity index (χ3n) is 4.25. The molecule has 0 saturated heterocycles. The molecule has 21 heavy (non-hydrogen) atoms. The number of nitrogens with zero attached hydrogens (tertiary/aromatic N) is 1. The number of hydrogen-bond donors (Lipinski definition) is 1. The van der Waals surface area contributed by atoms with Gasteiger partial charge in [0.2, 0.25) is 0 Å². The molecule has 3 aromatic rings. The van der Waals surface area contributed by atoms with E-state index in [0.29, 0.717) is 5.92 Å². The minimum absolute atomic E-state index is 0.564. The second-order valence-corrected chi connectivity index (χ2v) is 5.76. The quantitative estimate of drug-likeness (QED) is 0.777. The van der Waals surface area contributed by atoms with E-state index in [-0.39, 0.29) is 0 Å². The molecular weight excluding hydrogens is 258 g/mol. The largest absolute Gasteiger partial charge is 0.384 e. The normalized spacial score (nSPS) is 16.0. The zero-order chi connectivity index (χ0) is 14.2. The smallest absolute Gasteiger partial charge is 0.104 e. The van der Waals surface area contributed by atoms with Gasteiger partial charge in [-0.05, 0) is 53.6 Å². The lowest BCUT2D eigenvalue weighted by molar-refractivity contribution is 0.219. The van der Waals surface area contributed by atoms with Gasteiger partial charge in [-0.15, -0.1) is 0 Å². The van der Waals surface area contributed by atoms with Crippen molar-refractivity contribution in [3.63, 3.8) is 0 Å². The van der Waals surface area contributed by atoms with Crippen molar-refractivity contribution in [1.29, 1.82) is 0 Å². The van der Waals surface area contributed by atoms with Crippen molar-refractivity contribution in [2.75, 3.05) is 0 Å². The van der Waals surface area contributed by atoms with Crippen LogP contribution in [0.15, 0.2) is 60.8 Å². The van der Waals surface area contributed by atoms with Gasteiger partial charge >= 0.3 is 0 Å². The van der Waals surface area contributed by atoms with E-state index in [9.17, 15) is 5.11 Å². The van der Waals surface area contributed by atoms with Crippen LogP contribution < -0.4 is 0 Å². The SMILES string of the molecule is OC(c1ccc2ncccc2c1)c1ccccc1C1CC1. The zero-order valence-electron chi connectivity index (χ0n) is 11.7. The molecule has 1 atom stereocenters. The third-order valence-corrected chi connectivity index (χ3v) is 4.25. The lowest BCUT2D eigenvalue weighted by atomic mass is 9.94. The lowest BCUT2D eigenvalue weighted by Gasteiger charge is -2.16. The second-order valence-electron chi connectivity index (χ2n) is 5.76. The molecule has 4 rings (SSSR count). The van der Waals surface area contributed by atoms with Crippen LogP contribution in [0.3, 0.4) is 0 Å². The maximum Gasteiger partial charge on any atom is 0.104 e. The van der Waals surface area contributed by atoms with Gasteiger partial charge in [0.25, 0.3) is 0 Å². The Kier molecular flexibility index (Phi) is 2.97. The summed E-state index contributed by atoms with van der Waals surface area (Å²) in [5.74, 6) is 0.637. The first-order valence-electron chi connectivity index (χ1n) is 7.44. The molecule has 104 valence electrons. The van der Waals surface area contributed by atoms with E-state index < -0.39 is 6.10 Å². The summed E-state index contributed by atoms with van der Waals surface area (Å²) in [6.07, 6.45) is 3.71. The number of rotatable bonds is 3. The number of aromatic nitrogens is 1. The molecule has 0 aliphatic heterocycles. The molecule has 0 bridgehead atoms. The Bertz CT molecular complexity index is 792. The highest BCUT2D eigenvalue weighted by Crippen LogP contribution is 2.43. The van der Waals surface area contributed by atoms with Crippen LogP contribution >= 0.6 is 0 Å². The lowest BCUT2D eigenvalue weighted by Crippen LogP contribution is -2.03. The fourth-order valence-corrected chi connectivity index (χ4v) is 2.97. The molecule has 1 heterocycles. The Balaban J connectivity index is 1.77. The van der Waals surface area contributed by atoms with E-state index in [2.05, 4.69) is 17.1 Å². The maximum absolute atomic E-state index is 10.8. The van der Waals surface area contributed by atoms with Gasteiger partial charge in [-0.3, -0.25) is 4.98 Å². The molecule has 1 unspecified atom stereocenters. The van der Waals surface area contributed by atoms with Gasteiger partial charge in [-0.25, -0.2) is 0 Å². The van der Waals surface area contributed by atoms with Crippen LogP contribution in [0.25, 0.3) is 10.9 Å². The topological polar surface area (TPSA) is 33.1 Å². The molecule has 2 aromatic carbocycles. The highest BCUT2D eigenvalue weighted by Gasteiger charge is 2.27. The van der Waals surface area contributed by atoms with Gasteiger partial charge in [0.15, 0.2) is 0 Å². The van der Waals surface area contributed by atoms with Crippen molar-refractivity contribution in [3.8, 4) is 0 Å². The summed E-state index contributed by atoms with van der Waals surface area (Å²) in [6.45, 7) is 0. The summed E-state index contributed by atoms with van der Waals surface area (Å²) in [7, 11) is 0. The van der Waals surface area contributed by atoms with Crippen LogP contribution in [0.2, 0.25) is 0 Å². The van der Waals surface area contributed by atoms with Gasteiger partial charge in [-0.2, -0.15) is 0 Å². The van der Waals surface area contributed by atoms with E-state index in [1.54, 1.807) is 6.20 Å². The minimum atomic E-state index is -0.564.